The topological polar surface area (TPSA) is 41.5 Å². The first kappa shape index (κ1) is 16.5. The molecule has 1 atom stereocenters. The van der Waals surface area contributed by atoms with Gasteiger partial charge in [-0.05, 0) is 30.0 Å². The van der Waals surface area contributed by atoms with Crippen molar-refractivity contribution in [1.82, 2.24) is 5.32 Å². The third-order valence-corrected chi connectivity index (χ3v) is 3.99. The molecule has 0 radical (unpaired) electrons. The number of rotatable bonds is 8. The van der Waals surface area contributed by atoms with Crippen molar-refractivity contribution in [1.29, 1.82) is 0 Å². The zero-order valence-electron chi connectivity index (χ0n) is 13.7. The highest BCUT2D eigenvalue weighted by molar-refractivity contribution is 5.88. The summed E-state index contributed by atoms with van der Waals surface area (Å²) in [6, 6.07) is 24.4. The predicted molar refractivity (Wildman–Crippen MR) is 98.5 cm³/mol. The third kappa shape index (κ3) is 4.57. The second-order valence-corrected chi connectivity index (χ2v) is 5.88. The first-order chi connectivity index (χ1) is 11.8. The van der Waals surface area contributed by atoms with E-state index in [1.165, 1.54) is 5.56 Å². The molecule has 0 saturated heterocycles. The molecule has 3 aromatic rings. The smallest absolute Gasteiger partial charge is 0.127 e. The lowest BCUT2D eigenvalue weighted by molar-refractivity contribution is 0.107. The van der Waals surface area contributed by atoms with Crippen molar-refractivity contribution in [2.75, 3.05) is 19.7 Å². The number of ether oxygens (including phenoxy) is 1. The van der Waals surface area contributed by atoms with E-state index < -0.39 is 6.10 Å². The minimum absolute atomic E-state index is 0.284. The zero-order valence-corrected chi connectivity index (χ0v) is 13.7. The Kier molecular flexibility index (Phi) is 5.83. The van der Waals surface area contributed by atoms with Crippen molar-refractivity contribution in [3.63, 3.8) is 0 Å². The van der Waals surface area contributed by atoms with Crippen molar-refractivity contribution < 1.29 is 9.84 Å². The molecule has 0 saturated carbocycles. The van der Waals surface area contributed by atoms with E-state index in [1.807, 2.05) is 48.5 Å². The summed E-state index contributed by atoms with van der Waals surface area (Å²) in [6.45, 7) is 1.65. The van der Waals surface area contributed by atoms with Gasteiger partial charge in [-0.1, -0.05) is 66.7 Å². The van der Waals surface area contributed by atoms with Crippen LogP contribution in [0.15, 0.2) is 72.8 Å². The summed E-state index contributed by atoms with van der Waals surface area (Å²) >= 11 is 0. The van der Waals surface area contributed by atoms with Gasteiger partial charge >= 0.3 is 0 Å². The molecule has 0 aliphatic heterocycles. The van der Waals surface area contributed by atoms with Crippen LogP contribution in [0.4, 0.5) is 0 Å². The van der Waals surface area contributed by atoms with Crippen LogP contribution < -0.4 is 10.1 Å². The average Bonchev–Trinajstić information content (AvgIpc) is 2.64. The highest BCUT2D eigenvalue weighted by Crippen LogP contribution is 2.25. The normalized spacial score (nSPS) is 12.2. The van der Waals surface area contributed by atoms with E-state index in [2.05, 4.69) is 29.6 Å². The Bertz CT molecular complexity index is 753. The van der Waals surface area contributed by atoms with E-state index in [0.717, 1.165) is 29.5 Å². The summed E-state index contributed by atoms with van der Waals surface area (Å²) < 4.78 is 5.81. The van der Waals surface area contributed by atoms with Crippen LogP contribution in [0.5, 0.6) is 5.75 Å². The van der Waals surface area contributed by atoms with Crippen molar-refractivity contribution in [3.05, 3.63) is 78.4 Å². The van der Waals surface area contributed by atoms with Gasteiger partial charge in [0, 0.05) is 11.9 Å². The van der Waals surface area contributed by atoms with Crippen LogP contribution in [-0.2, 0) is 6.42 Å². The lowest BCUT2D eigenvalue weighted by Crippen LogP contribution is -2.32. The molecule has 0 spiro atoms. The fraction of sp³-hybridized carbons (Fsp3) is 0.238. The Labute approximate surface area is 142 Å². The summed E-state index contributed by atoms with van der Waals surface area (Å²) in [7, 11) is 0. The largest absolute Gasteiger partial charge is 0.490 e. The molecule has 3 rings (SSSR count). The molecular weight excluding hydrogens is 298 g/mol. The second kappa shape index (κ2) is 8.48. The van der Waals surface area contributed by atoms with Crippen LogP contribution in [0.25, 0.3) is 10.8 Å². The maximum Gasteiger partial charge on any atom is 0.127 e. The molecule has 0 bridgehead atoms. The number of hydrogen-bond donors (Lipinski definition) is 2. The Balaban J connectivity index is 1.43. The first-order valence-corrected chi connectivity index (χ1v) is 8.36. The van der Waals surface area contributed by atoms with Gasteiger partial charge in [-0.3, -0.25) is 0 Å². The van der Waals surface area contributed by atoms with Gasteiger partial charge in [-0.2, -0.15) is 0 Å². The molecule has 24 heavy (non-hydrogen) atoms. The monoisotopic (exact) mass is 321 g/mol. The van der Waals surface area contributed by atoms with Crippen LogP contribution in [0.3, 0.4) is 0 Å². The van der Waals surface area contributed by atoms with Gasteiger partial charge in [0.15, 0.2) is 0 Å². The van der Waals surface area contributed by atoms with E-state index >= 15 is 0 Å². The predicted octanol–water partition coefficient (Wildman–Crippen LogP) is 3.41. The number of fused-ring (bicyclic) bond motifs is 1. The van der Waals surface area contributed by atoms with Crippen molar-refractivity contribution in [2.45, 2.75) is 12.5 Å². The molecule has 1 unspecified atom stereocenters. The molecule has 3 aromatic carbocycles. The number of benzene rings is 3. The molecule has 124 valence electrons. The molecule has 3 nitrogen and oxygen atoms in total. The van der Waals surface area contributed by atoms with Crippen molar-refractivity contribution >= 4 is 10.8 Å². The van der Waals surface area contributed by atoms with Crippen LogP contribution in [0, 0.1) is 0 Å². The van der Waals surface area contributed by atoms with E-state index in [0.29, 0.717) is 6.54 Å². The van der Waals surface area contributed by atoms with Crippen LogP contribution in [0.1, 0.15) is 5.56 Å². The van der Waals surface area contributed by atoms with Crippen LogP contribution >= 0.6 is 0 Å². The van der Waals surface area contributed by atoms with Gasteiger partial charge in [0.05, 0.1) is 0 Å². The van der Waals surface area contributed by atoms with Gasteiger partial charge in [0.1, 0.15) is 18.5 Å². The Morgan fingerprint density at radius 2 is 1.62 bits per heavy atom. The molecule has 0 fully saturated rings. The molecule has 2 N–H and O–H groups in total. The Morgan fingerprint density at radius 3 is 2.50 bits per heavy atom. The Morgan fingerprint density at radius 1 is 0.875 bits per heavy atom. The lowest BCUT2D eigenvalue weighted by atomic mass is 10.1. The summed E-state index contributed by atoms with van der Waals surface area (Å²) in [6.07, 6.45) is 0.428. The highest BCUT2D eigenvalue weighted by atomic mass is 16.5. The van der Waals surface area contributed by atoms with Crippen molar-refractivity contribution in [3.8, 4) is 5.75 Å². The van der Waals surface area contributed by atoms with Gasteiger partial charge in [-0.15, -0.1) is 0 Å². The zero-order chi connectivity index (χ0) is 16.6. The van der Waals surface area contributed by atoms with Crippen LogP contribution in [0.2, 0.25) is 0 Å². The quantitative estimate of drug-likeness (QED) is 0.625. The van der Waals surface area contributed by atoms with Crippen LogP contribution in [-0.4, -0.2) is 30.9 Å². The molecule has 0 aromatic heterocycles. The first-order valence-electron chi connectivity index (χ1n) is 8.36. The standard InChI is InChI=1S/C21H23NO2/c23-19(15-22-14-13-17-7-2-1-3-8-17)16-24-21-12-6-10-18-9-4-5-11-20(18)21/h1-12,19,22-23H,13-16H2. The lowest BCUT2D eigenvalue weighted by Gasteiger charge is -2.14. The summed E-state index contributed by atoms with van der Waals surface area (Å²) in [5.74, 6) is 0.816. The molecule has 3 heteroatoms. The average molecular weight is 321 g/mol. The maximum absolute atomic E-state index is 10.1. The van der Waals surface area contributed by atoms with Gasteiger partial charge in [-0.25, -0.2) is 0 Å². The highest BCUT2D eigenvalue weighted by Gasteiger charge is 2.07. The number of nitrogens with one attached hydrogen (secondary N) is 1. The number of aliphatic hydroxyl groups excluding tert-OH is 1. The Hall–Kier alpha value is -2.36. The number of aliphatic hydroxyl groups is 1. The van der Waals surface area contributed by atoms with Gasteiger partial charge < -0.3 is 15.2 Å². The molecular formula is C21H23NO2. The second-order valence-electron chi connectivity index (χ2n) is 5.88. The molecule has 0 aliphatic rings. The summed E-state index contributed by atoms with van der Waals surface area (Å²) in [4.78, 5) is 0. The minimum Gasteiger partial charge on any atom is -0.490 e. The van der Waals surface area contributed by atoms with Crippen molar-refractivity contribution in [2.24, 2.45) is 0 Å². The maximum atomic E-state index is 10.1. The fourth-order valence-corrected chi connectivity index (χ4v) is 2.71. The van der Waals surface area contributed by atoms with E-state index in [1.54, 1.807) is 0 Å². The summed E-state index contributed by atoms with van der Waals surface area (Å²) in [5, 5.41) is 15.6. The third-order valence-electron chi connectivity index (χ3n) is 3.99. The number of hydrogen-bond acceptors (Lipinski definition) is 3. The molecule has 0 amide bonds. The molecule has 0 aliphatic carbocycles. The van der Waals surface area contributed by atoms with E-state index in [9.17, 15) is 5.11 Å². The van der Waals surface area contributed by atoms with E-state index in [-0.39, 0.29) is 6.61 Å². The molecule has 0 heterocycles. The van der Waals surface area contributed by atoms with Gasteiger partial charge in [0.2, 0.25) is 0 Å². The van der Waals surface area contributed by atoms with E-state index in [4.69, 9.17) is 4.74 Å². The van der Waals surface area contributed by atoms with Gasteiger partial charge in [0.25, 0.3) is 0 Å². The summed E-state index contributed by atoms with van der Waals surface area (Å²) in [5.41, 5.74) is 1.30. The SMILES string of the molecule is OC(CNCCc1ccccc1)COc1cccc2ccccc12. The minimum atomic E-state index is -0.528. The fourth-order valence-electron chi connectivity index (χ4n) is 2.71.